The molecule has 2 amide bonds. The highest BCUT2D eigenvalue weighted by atomic mass is 35.5. The van der Waals surface area contributed by atoms with Crippen molar-refractivity contribution in [3.05, 3.63) is 125 Å². The van der Waals surface area contributed by atoms with E-state index in [1.165, 1.54) is 24.1 Å². The van der Waals surface area contributed by atoms with Crippen LogP contribution in [0.2, 0.25) is 5.02 Å². The Labute approximate surface area is 257 Å². The van der Waals surface area contributed by atoms with Crippen molar-refractivity contribution >= 4 is 39.1 Å². The molecule has 0 aliphatic rings. The number of carbonyl (C=O) groups is 2. The second-order valence-corrected chi connectivity index (χ2v) is 12.0. The zero-order chi connectivity index (χ0) is 30.8. The van der Waals surface area contributed by atoms with Crippen LogP contribution in [0.4, 0.5) is 5.69 Å². The number of amides is 2. The number of ether oxygens (including phenoxy) is 1. The molecule has 4 aromatic carbocycles. The minimum absolute atomic E-state index is 0.0136. The normalized spacial score (nSPS) is 11.8. The zero-order valence-electron chi connectivity index (χ0n) is 24.0. The molecule has 0 aromatic heterocycles. The van der Waals surface area contributed by atoms with Crippen LogP contribution < -0.4 is 14.4 Å². The predicted octanol–water partition coefficient (Wildman–Crippen LogP) is 5.32. The van der Waals surface area contributed by atoms with Gasteiger partial charge in [0.25, 0.3) is 10.0 Å². The van der Waals surface area contributed by atoms with Crippen molar-refractivity contribution in [2.45, 2.75) is 30.8 Å². The first-order valence-corrected chi connectivity index (χ1v) is 15.6. The number of sulfonamides is 1. The minimum atomic E-state index is -4.23. The van der Waals surface area contributed by atoms with E-state index in [0.717, 1.165) is 9.87 Å². The molecule has 43 heavy (non-hydrogen) atoms. The third-order valence-electron chi connectivity index (χ3n) is 6.83. The van der Waals surface area contributed by atoms with Crippen molar-refractivity contribution < 1.29 is 22.7 Å². The number of nitrogens with one attached hydrogen (secondary N) is 1. The minimum Gasteiger partial charge on any atom is -0.495 e. The van der Waals surface area contributed by atoms with E-state index in [0.29, 0.717) is 17.1 Å². The first-order valence-electron chi connectivity index (χ1n) is 13.8. The second kappa shape index (κ2) is 14.7. The van der Waals surface area contributed by atoms with E-state index in [2.05, 4.69) is 5.32 Å². The van der Waals surface area contributed by atoms with Gasteiger partial charge >= 0.3 is 0 Å². The fourth-order valence-corrected chi connectivity index (χ4v) is 6.41. The lowest BCUT2D eigenvalue weighted by atomic mass is 10.0. The molecular formula is C33H34ClN3O5S. The van der Waals surface area contributed by atoms with Gasteiger partial charge in [-0.3, -0.25) is 13.9 Å². The van der Waals surface area contributed by atoms with E-state index in [-0.39, 0.29) is 35.2 Å². The van der Waals surface area contributed by atoms with Crippen LogP contribution in [-0.4, -0.2) is 51.4 Å². The molecule has 4 rings (SSSR count). The van der Waals surface area contributed by atoms with E-state index in [4.69, 9.17) is 16.3 Å². The number of methoxy groups -OCH3 is 1. The van der Waals surface area contributed by atoms with Crippen molar-refractivity contribution in [3.63, 3.8) is 0 Å². The summed E-state index contributed by atoms with van der Waals surface area (Å²) in [7, 11) is -2.79. The first-order chi connectivity index (χ1) is 20.7. The van der Waals surface area contributed by atoms with Gasteiger partial charge < -0.3 is 15.0 Å². The van der Waals surface area contributed by atoms with Gasteiger partial charge in [0.2, 0.25) is 11.8 Å². The van der Waals surface area contributed by atoms with E-state index in [1.807, 2.05) is 36.4 Å². The Morgan fingerprint density at radius 1 is 0.860 bits per heavy atom. The molecule has 0 fully saturated rings. The van der Waals surface area contributed by atoms with Crippen LogP contribution in [0.3, 0.4) is 0 Å². The summed E-state index contributed by atoms with van der Waals surface area (Å²) >= 11 is 6.27. The topological polar surface area (TPSA) is 96.0 Å². The largest absolute Gasteiger partial charge is 0.495 e. The summed E-state index contributed by atoms with van der Waals surface area (Å²) in [6.07, 6.45) is 0.221. The summed E-state index contributed by atoms with van der Waals surface area (Å²) in [5, 5.41) is 3.32. The third-order valence-corrected chi connectivity index (χ3v) is 8.84. The quantitative estimate of drug-likeness (QED) is 0.219. The Morgan fingerprint density at radius 3 is 2.14 bits per heavy atom. The lowest BCUT2D eigenvalue weighted by molar-refractivity contribution is -0.140. The predicted molar refractivity (Wildman–Crippen MR) is 169 cm³/mol. The number of anilines is 1. The van der Waals surface area contributed by atoms with Gasteiger partial charge in [-0.2, -0.15) is 0 Å². The van der Waals surface area contributed by atoms with Crippen LogP contribution in [0.5, 0.6) is 5.75 Å². The maximum Gasteiger partial charge on any atom is 0.264 e. The van der Waals surface area contributed by atoms with E-state index < -0.39 is 28.5 Å². The Hall–Kier alpha value is -4.34. The van der Waals surface area contributed by atoms with Crippen LogP contribution in [-0.2, 0) is 32.6 Å². The van der Waals surface area contributed by atoms with Crippen molar-refractivity contribution in [3.8, 4) is 5.75 Å². The highest BCUT2D eigenvalue weighted by Crippen LogP contribution is 2.32. The SMILES string of the molecule is CCNC(=O)[C@H](Cc1ccccc1)N(Cc1cccc(Cl)c1)C(=O)CN(c1ccccc1OC)S(=O)(=O)c1ccccc1. The Balaban J connectivity index is 1.82. The van der Waals surface area contributed by atoms with E-state index in [9.17, 15) is 18.0 Å². The highest BCUT2D eigenvalue weighted by molar-refractivity contribution is 7.92. The smallest absolute Gasteiger partial charge is 0.264 e. The molecule has 10 heteroatoms. The van der Waals surface area contributed by atoms with Crippen molar-refractivity contribution in [2.75, 3.05) is 24.5 Å². The van der Waals surface area contributed by atoms with Gasteiger partial charge in [0, 0.05) is 24.5 Å². The number of hydrogen-bond acceptors (Lipinski definition) is 5. The van der Waals surface area contributed by atoms with Gasteiger partial charge in [0.05, 0.1) is 17.7 Å². The van der Waals surface area contributed by atoms with Crippen LogP contribution >= 0.6 is 11.6 Å². The van der Waals surface area contributed by atoms with Gasteiger partial charge in [0.1, 0.15) is 18.3 Å². The van der Waals surface area contributed by atoms with Gasteiger partial charge in [-0.15, -0.1) is 0 Å². The molecular weight excluding hydrogens is 586 g/mol. The van der Waals surface area contributed by atoms with Crippen LogP contribution in [0, 0.1) is 0 Å². The molecule has 0 saturated carbocycles. The molecule has 1 N–H and O–H groups in total. The Bertz CT molecular complexity index is 1630. The molecule has 0 radical (unpaired) electrons. The van der Waals surface area contributed by atoms with Crippen LogP contribution in [0.1, 0.15) is 18.1 Å². The number of halogens is 1. The number of nitrogens with zero attached hydrogens (tertiary/aromatic N) is 2. The third kappa shape index (κ3) is 7.94. The Morgan fingerprint density at radius 2 is 1.49 bits per heavy atom. The number of hydrogen-bond donors (Lipinski definition) is 1. The molecule has 0 aliphatic heterocycles. The number of carbonyl (C=O) groups excluding carboxylic acids is 2. The molecule has 0 unspecified atom stereocenters. The molecule has 224 valence electrons. The van der Waals surface area contributed by atoms with Crippen LogP contribution in [0.25, 0.3) is 0 Å². The van der Waals surface area contributed by atoms with E-state index >= 15 is 0 Å². The summed E-state index contributed by atoms with van der Waals surface area (Å²) in [5.74, 6) is -0.644. The summed E-state index contributed by atoms with van der Waals surface area (Å²) < 4.78 is 34.7. The van der Waals surface area contributed by atoms with Crippen molar-refractivity contribution in [1.29, 1.82) is 0 Å². The average Bonchev–Trinajstić information content (AvgIpc) is 3.02. The van der Waals surface area contributed by atoms with Gasteiger partial charge in [-0.05, 0) is 54.4 Å². The average molecular weight is 620 g/mol. The molecule has 0 spiro atoms. The number of likely N-dealkylation sites (N-methyl/N-ethyl adjacent to an activating group) is 1. The van der Waals surface area contributed by atoms with E-state index in [1.54, 1.807) is 67.6 Å². The molecule has 1 atom stereocenters. The monoisotopic (exact) mass is 619 g/mol. The summed E-state index contributed by atoms with van der Waals surface area (Å²) in [6, 6.07) is 29.9. The molecule has 0 heterocycles. The maximum absolute atomic E-state index is 14.4. The zero-order valence-corrected chi connectivity index (χ0v) is 25.6. The van der Waals surface area contributed by atoms with Crippen LogP contribution in [0.15, 0.2) is 114 Å². The first kappa shape index (κ1) is 31.6. The fraction of sp³-hybridized carbons (Fsp3) is 0.212. The van der Waals surface area contributed by atoms with Crippen molar-refractivity contribution in [1.82, 2.24) is 10.2 Å². The number of benzene rings is 4. The van der Waals surface area contributed by atoms with Gasteiger partial charge in [-0.25, -0.2) is 8.42 Å². The summed E-state index contributed by atoms with van der Waals surface area (Å²) in [4.78, 5) is 29.4. The molecule has 8 nitrogen and oxygen atoms in total. The lowest BCUT2D eigenvalue weighted by Crippen LogP contribution is -2.53. The van der Waals surface area contributed by atoms with Crippen molar-refractivity contribution in [2.24, 2.45) is 0 Å². The lowest BCUT2D eigenvalue weighted by Gasteiger charge is -2.34. The summed E-state index contributed by atoms with van der Waals surface area (Å²) in [6.45, 7) is 1.61. The van der Waals surface area contributed by atoms with Gasteiger partial charge in [-0.1, -0.05) is 84.4 Å². The van der Waals surface area contributed by atoms with Gasteiger partial charge in [0.15, 0.2) is 0 Å². The fourth-order valence-electron chi connectivity index (χ4n) is 4.75. The highest BCUT2D eigenvalue weighted by Gasteiger charge is 2.35. The molecule has 0 saturated heterocycles. The number of rotatable bonds is 13. The maximum atomic E-state index is 14.4. The second-order valence-electron chi connectivity index (χ2n) is 9.75. The molecule has 4 aromatic rings. The Kier molecular flexibility index (Phi) is 10.8. The summed E-state index contributed by atoms with van der Waals surface area (Å²) in [5.41, 5.74) is 1.74. The number of para-hydroxylation sites is 2. The standard InChI is InChI=1S/C33H34ClN3O5S/c1-3-35-33(39)30(22-25-13-6-4-7-14-25)36(23-26-15-12-16-27(34)21-26)32(38)24-37(29-19-10-11-20-31(29)42-2)43(40,41)28-17-8-5-9-18-28/h4-21,30H,3,22-24H2,1-2H3,(H,35,39)/t30-/m0/s1. The molecule has 0 bridgehead atoms. The molecule has 0 aliphatic carbocycles.